The van der Waals surface area contributed by atoms with Crippen LogP contribution in [0.5, 0.6) is 11.5 Å². The molecule has 0 spiro atoms. The van der Waals surface area contributed by atoms with Crippen LogP contribution < -0.4 is 19.2 Å². The van der Waals surface area contributed by atoms with E-state index in [-0.39, 0.29) is 10.6 Å². The highest BCUT2D eigenvalue weighted by Gasteiger charge is 2.27. The van der Waals surface area contributed by atoms with E-state index in [1.54, 1.807) is 66.7 Å². The Morgan fingerprint density at radius 1 is 0.950 bits per heavy atom. The molecule has 0 aliphatic carbocycles. The number of nitrogens with one attached hydrogen (secondary N) is 1. The number of methoxy groups -OCH3 is 1. The Hall–Kier alpha value is -4.34. The molecule has 0 unspecified atom stereocenters. The third-order valence-electron chi connectivity index (χ3n) is 5.82. The maximum Gasteiger partial charge on any atom is 0.264 e. The van der Waals surface area contributed by atoms with Crippen molar-refractivity contribution in [3.05, 3.63) is 119 Å². The van der Waals surface area contributed by atoms with Crippen LogP contribution in [-0.2, 0) is 21.4 Å². The molecule has 0 radical (unpaired) electrons. The number of halogens is 1. The summed E-state index contributed by atoms with van der Waals surface area (Å²) in [6.45, 7) is 1.75. The molecule has 4 aromatic carbocycles. The highest BCUT2D eigenvalue weighted by atomic mass is 35.5. The predicted octanol–water partition coefficient (Wildman–Crippen LogP) is 5.58. The number of carbonyl (C=O) groups is 1. The molecular formula is C30H28ClN3O5S. The van der Waals surface area contributed by atoms with Crippen LogP contribution in [0, 0.1) is 6.92 Å². The van der Waals surface area contributed by atoms with E-state index >= 15 is 0 Å². The summed E-state index contributed by atoms with van der Waals surface area (Å²) in [5, 5.41) is 4.64. The van der Waals surface area contributed by atoms with Crippen molar-refractivity contribution in [2.45, 2.75) is 18.4 Å². The summed E-state index contributed by atoms with van der Waals surface area (Å²) in [6.07, 6.45) is 1.46. The van der Waals surface area contributed by atoms with Gasteiger partial charge in [0.05, 0.1) is 23.9 Å². The van der Waals surface area contributed by atoms with Gasteiger partial charge in [-0.3, -0.25) is 9.10 Å². The fraction of sp³-hybridized carbons (Fsp3) is 0.133. The van der Waals surface area contributed by atoms with Gasteiger partial charge in [-0.05, 0) is 78.7 Å². The lowest BCUT2D eigenvalue weighted by molar-refractivity contribution is -0.119. The number of nitrogens with zero attached hydrogens (tertiary/aromatic N) is 2. The van der Waals surface area contributed by atoms with E-state index in [4.69, 9.17) is 21.1 Å². The topological polar surface area (TPSA) is 97.3 Å². The number of rotatable bonds is 11. The van der Waals surface area contributed by atoms with E-state index in [1.807, 2.05) is 25.1 Å². The molecule has 0 heterocycles. The molecule has 40 heavy (non-hydrogen) atoms. The molecule has 206 valence electrons. The van der Waals surface area contributed by atoms with Gasteiger partial charge >= 0.3 is 0 Å². The van der Waals surface area contributed by atoms with Gasteiger partial charge in [-0.1, -0.05) is 47.5 Å². The fourth-order valence-corrected chi connectivity index (χ4v) is 5.33. The minimum Gasteiger partial charge on any atom is -0.497 e. The van der Waals surface area contributed by atoms with E-state index < -0.39 is 22.5 Å². The first-order valence-corrected chi connectivity index (χ1v) is 14.1. The van der Waals surface area contributed by atoms with Crippen molar-refractivity contribution in [2.24, 2.45) is 5.10 Å². The largest absolute Gasteiger partial charge is 0.497 e. The molecule has 1 amide bonds. The van der Waals surface area contributed by atoms with Crippen LogP contribution in [0.4, 0.5) is 5.69 Å². The second kappa shape index (κ2) is 13.1. The van der Waals surface area contributed by atoms with Crippen LogP contribution in [0.2, 0.25) is 5.02 Å². The average Bonchev–Trinajstić information content (AvgIpc) is 2.96. The van der Waals surface area contributed by atoms with Crippen molar-refractivity contribution in [3.8, 4) is 11.5 Å². The normalized spacial score (nSPS) is 11.3. The summed E-state index contributed by atoms with van der Waals surface area (Å²) < 4.78 is 39.1. The number of ether oxygens (including phenoxy) is 2. The third-order valence-corrected chi connectivity index (χ3v) is 7.84. The lowest BCUT2D eigenvalue weighted by Crippen LogP contribution is -2.39. The van der Waals surface area contributed by atoms with Gasteiger partial charge in [0.1, 0.15) is 24.7 Å². The van der Waals surface area contributed by atoms with Gasteiger partial charge in [0, 0.05) is 11.1 Å². The van der Waals surface area contributed by atoms with Crippen molar-refractivity contribution in [1.82, 2.24) is 5.43 Å². The Bertz CT molecular complexity index is 1590. The second-order valence-corrected chi connectivity index (χ2v) is 11.1. The molecule has 8 nitrogen and oxygen atoms in total. The molecule has 4 rings (SSSR count). The lowest BCUT2D eigenvalue weighted by atomic mass is 10.2. The van der Waals surface area contributed by atoms with Crippen molar-refractivity contribution in [2.75, 3.05) is 18.0 Å². The molecule has 0 fully saturated rings. The molecule has 1 N–H and O–H groups in total. The minimum absolute atomic E-state index is 0.0647. The number of hydrogen-bond acceptors (Lipinski definition) is 6. The molecule has 4 aromatic rings. The number of amides is 1. The SMILES string of the molecule is COc1cccc(N(CC(=O)N/N=C/c2ccc(OCc3cccc(Cl)c3)cc2)S(=O)(=O)c2ccc(C)cc2)c1. The van der Waals surface area contributed by atoms with E-state index in [0.29, 0.717) is 28.7 Å². The van der Waals surface area contributed by atoms with Crippen molar-refractivity contribution >= 4 is 39.4 Å². The highest BCUT2D eigenvalue weighted by molar-refractivity contribution is 7.92. The van der Waals surface area contributed by atoms with Gasteiger partial charge in [0.15, 0.2) is 0 Å². The number of anilines is 1. The van der Waals surface area contributed by atoms with Gasteiger partial charge < -0.3 is 9.47 Å². The van der Waals surface area contributed by atoms with Gasteiger partial charge in [-0.2, -0.15) is 5.10 Å². The first-order valence-electron chi connectivity index (χ1n) is 12.3. The zero-order valence-electron chi connectivity index (χ0n) is 22.0. The predicted molar refractivity (Wildman–Crippen MR) is 157 cm³/mol. The number of carbonyl (C=O) groups excluding carboxylic acids is 1. The minimum atomic E-state index is -4.06. The summed E-state index contributed by atoms with van der Waals surface area (Å²) in [5.74, 6) is 0.507. The highest BCUT2D eigenvalue weighted by Crippen LogP contribution is 2.27. The summed E-state index contributed by atoms with van der Waals surface area (Å²) in [7, 11) is -2.57. The van der Waals surface area contributed by atoms with E-state index in [9.17, 15) is 13.2 Å². The van der Waals surface area contributed by atoms with Gasteiger partial charge in [0.25, 0.3) is 15.9 Å². The van der Waals surface area contributed by atoms with E-state index in [1.165, 1.54) is 25.5 Å². The molecule has 0 aliphatic heterocycles. The number of hydrazone groups is 1. The Morgan fingerprint density at radius 2 is 1.68 bits per heavy atom. The van der Waals surface area contributed by atoms with Crippen LogP contribution in [0.25, 0.3) is 0 Å². The van der Waals surface area contributed by atoms with Crippen molar-refractivity contribution in [3.63, 3.8) is 0 Å². The zero-order chi connectivity index (χ0) is 28.5. The number of sulfonamides is 1. The van der Waals surface area contributed by atoms with Crippen LogP contribution in [0.3, 0.4) is 0 Å². The van der Waals surface area contributed by atoms with Crippen LogP contribution in [0.15, 0.2) is 107 Å². The van der Waals surface area contributed by atoms with Crippen LogP contribution in [-0.4, -0.2) is 34.2 Å². The summed E-state index contributed by atoms with van der Waals surface area (Å²) in [6, 6.07) is 27.5. The van der Waals surface area contributed by atoms with Crippen LogP contribution >= 0.6 is 11.6 Å². The Balaban J connectivity index is 1.42. The van der Waals surface area contributed by atoms with Gasteiger partial charge in [-0.15, -0.1) is 0 Å². The summed E-state index contributed by atoms with van der Waals surface area (Å²) in [4.78, 5) is 12.9. The van der Waals surface area contributed by atoms with Gasteiger partial charge in [-0.25, -0.2) is 13.8 Å². The standard InChI is InChI=1S/C30H28ClN3O5S/c1-22-9-15-29(16-10-22)40(36,37)34(26-7-4-8-28(18-26)38-2)20-30(35)33-32-19-23-11-13-27(14-12-23)39-21-24-5-3-6-25(31)17-24/h3-19H,20-21H2,1-2H3,(H,33,35)/b32-19+. The first-order chi connectivity index (χ1) is 19.2. The van der Waals surface area contributed by atoms with Gasteiger partial charge in [0.2, 0.25) is 0 Å². The smallest absolute Gasteiger partial charge is 0.264 e. The van der Waals surface area contributed by atoms with E-state index in [0.717, 1.165) is 15.4 Å². The number of hydrogen-bond donors (Lipinski definition) is 1. The molecule has 0 aromatic heterocycles. The third kappa shape index (κ3) is 7.62. The molecule has 0 saturated carbocycles. The monoisotopic (exact) mass is 577 g/mol. The molecule has 0 atom stereocenters. The quantitative estimate of drug-likeness (QED) is 0.185. The molecule has 10 heteroatoms. The average molecular weight is 578 g/mol. The molecule has 0 bridgehead atoms. The number of benzene rings is 4. The van der Waals surface area contributed by atoms with E-state index in [2.05, 4.69) is 10.5 Å². The second-order valence-electron chi connectivity index (χ2n) is 8.81. The molecule has 0 saturated heterocycles. The molecule has 0 aliphatic rings. The maximum atomic E-state index is 13.5. The lowest BCUT2D eigenvalue weighted by Gasteiger charge is -2.24. The summed E-state index contributed by atoms with van der Waals surface area (Å²) >= 11 is 6.01. The Labute approximate surface area is 238 Å². The Kier molecular flexibility index (Phi) is 9.42. The maximum absolute atomic E-state index is 13.5. The van der Waals surface area contributed by atoms with Crippen molar-refractivity contribution < 1.29 is 22.7 Å². The zero-order valence-corrected chi connectivity index (χ0v) is 23.5. The fourth-order valence-electron chi connectivity index (χ4n) is 3.71. The van der Waals surface area contributed by atoms with Crippen molar-refractivity contribution in [1.29, 1.82) is 0 Å². The first kappa shape index (κ1) is 28.7. The molecular weight excluding hydrogens is 550 g/mol. The summed E-state index contributed by atoms with van der Waals surface area (Å²) in [5.41, 5.74) is 5.28. The van der Waals surface area contributed by atoms with Crippen LogP contribution in [0.1, 0.15) is 16.7 Å². The Morgan fingerprint density at radius 3 is 2.38 bits per heavy atom. The number of aryl methyl sites for hydroxylation is 1.